The van der Waals surface area contributed by atoms with Crippen LogP contribution in [0.1, 0.15) is 12.5 Å². The van der Waals surface area contributed by atoms with Crippen molar-refractivity contribution in [1.29, 1.82) is 0 Å². The Kier molecular flexibility index (Phi) is 4.41. The van der Waals surface area contributed by atoms with Gasteiger partial charge < -0.3 is 5.73 Å². The van der Waals surface area contributed by atoms with Crippen LogP contribution in [-0.2, 0) is 13.5 Å². The maximum Gasteiger partial charge on any atom is 0.339 e. The van der Waals surface area contributed by atoms with Crippen LogP contribution in [0.2, 0.25) is 0 Å². The fourth-order valence-electron chi connectivity index (χ4n) is 1.77. The number of benzene rings is 1. The number of aromatic amines is 1. The average Bonchev–Trinajstić information content (AvgIpc) is 2.37. The van der Waals surface area contributed by atoms with Crippen LogP contribution in [0.4, 0.5) is 0 Å². The SMILES string of the molecule is CC(N)Cc1ccccc1Sc1nc(=O)c(=O)[nH]n1C. The van der Waals surface area contributed by atoms with Crippen molar-refractivity contribution in [3.63, 3.8) is 0 Å². The van der Waals surface area contributed by atoms with E-state index in [4.69, 9.17) is 5.73 Å². The lowest BCUT2D eigenvalue weighted by Gasteiger charge is -2.11. The van der Waals surface area contributed by atoms with Crippen molar-refractivity contribution >= 4 is 11.8 Å². The standard InChI is InChI=1S/C13H16N4O2S/c1-8(14)7-9-5-3-4-6-10(9)20-13-15-11(18)12(19)16-17(13)2/h3-6,8H,7,14H2,1-2H3,(H,16,19). The summed E-state index contributed by atoms with van der Waals surface area (Å²) in [5.41, 5.74) is 5.42. The van der Waals surface area contributed by atoms with Crippen molar-refractivity contribution in [2.75, 3.05) is 0 Å². The van der Waals surface area contributed by atoms with Gasteiger partial charge in [-0.25, -0.2) is 0 Å². The summed E-state index contributed by atoms with van der Waals surface area (Å²) in [6, 6.07) is 7.84. The molecule has 0 aliphatic carbocycles. The maximum absolute atomic E-state index is 11.3. The predicted octanol–water partition coefficient (Wildman–Crippen LogP) is 0.509. The lowest BCUT2D eigenvalue weighted by atomic mass is 10.1. The molecule has 0 aliphatic heterocycles. The van der Waals surface area contributed by atoms with Gasteiger partial charge in [-0.15, -0.1) is 0 Å². The highest BCUT2D eigenvalue weighted by Crippen LogP contribution is 2.28. The molecule has 0 saturated carbocycles. The Morgan fingerprint density at radius 1 is 1.40 bits per heavy atom. The Balaban J connectivity index is 2.38. The minimum atomic E-state index is -0.782. The number of nitrogens with zero attached hydrogens (tertiary/aromatic N) is 2. The van der Waals surface area contributed by atoms with Gasteiger partial charge in [0.25, 0.3) is 0 Å². The number of aromatic nitrogens is 3. The predicted molar refractivity (Wildman–Crippen MR) is 78.0 cm³/mol. The summed E-state index contributed by atoms with van der Waals surface area (Å²) in [6.07, 6.45) is 0.737. The first-order valence-corrected chi connectivity index (χ1v) is 6.97. The third-order valence-corrected chi connectivity index (χ3v) is 3.83. The van der Waals surface area contributed by atoms with Gasteiger partial charge in [-0.05, 0) is 36.7 Å². The number of rotatable bonds is 4. The van der Waals surface area contributed by atoms with Crippen molar-refractivity contribution in [2.45, 2.75) is 29.4 Å². The Morgan fingerprint density at radius 2 is 2.10 bits per heavy atom. The van der Waals surface area contributed by atoms with Crippen LogP contribution in [0.25, 0.3) is 0 Å². The summed E-state index contributed by atoms with van der Waals surface area (Å²) >= 11 is 1.33. The molecule has 106 valence electrons. The molecule has 0 aliphatic rings. The summed E-state index contributed by atoms with van der Waals surface area (Å²) in [6.45, 7) is 1.94. The molecule has 6 nitrogen and oxygen atoms in total. The van der Waals surface area contributed by atoms with Crippen molar-refractivity contribution in [1.82, 2.24) is 14.8 Å². The van der Waals surface area contributed by atoms with Gasteiger partial charge in [0.15, 0.2) is 5.16 Å². The molecule has 1 aromatic carbocycles. The zero-order valence-corrected chi connectivity index (χ0v) is 12.1. The first kappa shape index (κ1) is 14.5. The molecular weight excluding hydrogens is 276 g/mol. The monoisotopic (exact) mass is 292 g/mol. The van der Waals surface area contributed by atoms with Crippen LogP contribution >= 0.6 is 11.8 Å². The smallest absolute Gasteiger partial charge is 0.328 e. The fourth-order valence-corrected chi connectivity index (χ4v) is 2.71. The van der Waals surface area contributed by atoms with Crippen molar-refractivity contribution in [2.24, 2.45) is 12.8 Å². The molecule has 2 rings (SSSR count). The summed E-state index contributed by atoms with van der Waals surface area (Å²) in [5.74, 6) is 0. The average molecular weight is 292 g/mol. The Morgan fingerprint density at radius 3 is 2.80 bits per heavy atom. The summed E-state index contributed by atoms with van der Waals surface area (Å²) in [5, 5.41) is 2.86. The van der Waals surface area contributed by atoms with E-state index in [1.165, 1.54) is 16.4 Å². The molecule has 1 unspecified atom stereocenters. The van der Waals surface area contributed by atoms with Gasteiger partial charge in [0.1, 0.15) is 0 Å². The Bertz CT molecular complexity index is 721. The molecule has 1 heterocycles. The number of hydrogen-bond donors (Lipinski definition) is 2. The molecule has 7 heteroatoms. The third kappa shape index (κ3) is 3.37. The van der Waals surface area contributed by atoms with Crippen LogP contribution in [0.5, 0.6) is 0 Å². The molecule has 0 radical (unpaired) electrons. The third-order valence-electron chi connectivity index (χ3n) is 2.66. The highest BCUT2D eigenvalue weighted by atomic mass is 32.2. The van der Waals surface area contributed by atoms with Crippen LogP contribution in [0, 0.1) is 0 Å². The molecule has 0 spiro atoms. The molecule has 0 amide bonds. The van der Waals surface area contributed by atoms with Gasteiger partial charge in [-0.3, -0.25) is 19.4 Å². The minimum Gasteiger partial charge on any atom is -0.328 e. The highest BCUT2D eigenvalue weighted by molar-refractivity contribution is 7.99. The van der Waals surface area contributed by atoms with Crippen molar-refractivity contribution in [3.05, 3.63) is 50.5 Å². The van der Waals surface area contributed by atoms with Gasteiger partial charge in [-0.1, -0.05) is 18.2 Å². The van der Waals surface area contributed by atoms with Gasteiger partial charge in [0.2, 0.25) is 0 Å². The Labute approximate surface area is 120 Å². The second-order valence-corrected chi connectivity index (χ2v) is 5.60. The minimum absolute atomic E-state index is 0.0455. The van der Waals surface area contributed by atoms with E-state index >= 15 is 0 Å². The van der Waals surface area contributed by atoms with Crippen LogP contribution in [-0.4, -0.2) is 20.8 Å². The number of H-pyrrole nitrogens is 1. The molecular formula is C13H16N4O2S. The Hall–Kier alpha value is -1.86. The largest absolute Gasteiger partial charge is 0.339 e. The van der Waals surface area contributed by atoms with Gasteiger partial charge >= 0.3 is 11.1 Å². The second-order valence-electron chi connectivity index (χ2n) is 4.59. The van der Waals surface area contributed by atoms with E-state index in [-0.39, 0.29) is 6.04 Å². The van der Waals surface area contributed by atoms with E-state index < -0.39 is 11.1 Å². The van der Waals surface area contributed by atoms with Gasteiger partial charge in [0.05, 0.1) is 0 Å². The van der Waals surface area contributed by atoms with Gasteiger partial charge in [0, 0.05) is 18.0 Å². The first-order valence-electron chi connectivity index (χ1n) is 6.16. The number of nitrogens with one attached hydrogen (secondary N) is 1. The maximum atomic E-state index is 11.3. The number of hydrogen-bond acceptors (Lipinski definition) is 5. The lowest BCUT2D eigenvalue weighted by Crippen LogP contribution is -2.33. The molecule has 0 fully saturated rings. The van der Waals surface area contributed by atoms with Crippen molar-refractivity contribution in [3.8, 4) is 0 Å². The topological polar surface area (TPSA) is 93.8 Å². The second kappa shape index (κ2) is 6.06. The number of nitrogens with two attached hydrogens (primary N) is 1. The molecule has 20 heavy (non-hydrogen) atoms. The lowest BCUT2D eigenvalue weighted by molar-refractivity contribution is 0.596. The van der Waals surface area contributed by atoms with Crippen LogP contribution < -0.4 is 16.9 Å². The van der Waals surface area contributed by atoms with E-state index in [0.717, 1.165) is 16.9 Å². The summed E-state index contributed by atoms with van der Waals surface area (Å²) in [4.78, 5) is 27.3. The van der Waals surface area contributed by atoms with Crippen LogP contribution in [0.3, 0.4) is 0 Å². The normalized spacial score (nSPS) is 12.3. The molecule has 2 aromatic rings. The number of aryl methyl sites for hydroxylation is 1. The van der Waals surface area contributed by atoms with E-state index in [0.29, 0.717) is 5.16 Å². The summed E-state index contributed by atoms with van der Waals surface area (Å²) < 4.78 is 1.44. The van der Waals surface area contributed by atoms with Crippen LogP contribution in [0.15, 0.2) is 43.9 Å². The van der Waals surface area contributed by atoms with E-state index in [1.807, 2.05) is 31.2 Å². The zero-order valence-electron chi connectivity index (χ0n) is 11.3. The molecule has 1 atom stereocenters. The van der Waals surface area contributed by atoms with Crippen molar-refractivity contribution < 1.29 is 0 Å². The quantitative estimate of drug-likeness (QED) is 0.801. The van der Waals surface area contributed by atoms with E-state index in [2.05, 4.69) is 10.1 Å². The summed E-state index contributed by atoms with van der Waals surface area (Å²) in [7, 11) is 1.64. The van der Waals surface area contributed by atoms with Gasteiger partial charge in [-0.2, -0.15) is 4.98 Å². The molecule has 0 bridgehead atoms. The first-order chi connectivity index (χ1) is 9.47. The molecule has 1 aromatic heterocycles. The highest BCUT2D eigenvalue weighted by Gasteiger charge is 2.10. The molecule has 3 N–H and O–H groups in total. The van der Waals surface area contributed by atoms with E-state index in [1.54, 1.807) is 7.05 Å². The van der Waals surface area contributed by atoms with E-state index in [9.17, 15) is 9.59 Å². The molecule has 0 saturated heterocycles. The zero-order chi connectivity index (χ0) is 14.7. The fraction of sp³-hybridized carbons (Fsp3) is 0.308.